The van der Waals surface area contributed by atoms with Gasteiger partial charge in [0.1, 0.15) is 11.5 Å². The van der Waals surface area contributed by atoms with Gasteiger partial charge in [0.25, 0.3) is 0 Å². The van der Waals surface area contributed by atoms with E-state index < -0.39 is 0 Å². The Balaban J connectivity index is 2.52. The third-order valence-corrected chi connectivity index (χ3v) is 2.23. The predicted molar refractivity (Wildman–Crippen MR) is 54.0 cm³/mol. The van der Waals surface area contributed by atoms with Crippen LogP contribution in [-0.2, 0) is 0 Å². The molecule has 0 aliphatic carbocycles. The van der Waals surface area contributed by atoms with Crippen molar-refractivity contribution in [3.8, 4) is 11.3 Å². The van der Waals surface area contributed by atoms with Gasteiger partial charge in [-0.15, -0.1) is 0 Å². The Labute approximate surface area is 87.8 Å². The molecule has 2 N–H and O–H groups in total. The molecule has 72 valence electrons. The smallest absolute Gasteiger partial charge is 0.222 e. The lowest BCUT2D eigenvalue weighted by Crippen LogP contribution is -1.83. The molecule has 0 bridgehead atoms. The second kappa shape index (κ2) is 3.42. The largest absolute Gasteiger partial charge is 0.368 e. The van der Waals surface area contributed by atoms with Gasteiger partial charge in [-0.05, 0) is 18.2 Å². The van der Waals surface area contributed by atoms with Gasteiger partial charge in [-0.2, -0.15) is 0 Å². The zero-order valence-corrected chi connectivity index (χ0v) is 8.58. The first kappa shape index (κ1) is 9.21. The van der Waals surface area contributed by atoms with Crippen LogP contribution in [0.4, 0.5) is 10.3 Å². The predicted octanol–water partition coefficient (Wildman–Crippen LogP) is 2.83. The number of halogens is 2. The summed E-state index contributed by atoms with van der Waals surface area (Å²) in [6.45, 7) is 0. The van der Waals surface area contributed by atoms with E-state index in [4.69, 9.17) is 5.73 Å². The maximum absolute atomic E-state index is 13.4. The van der Waals surface area contributed by atoms with E-state index in [1.54, 1.807) is 12.1 Å². The quantitative estimate of drug-likeness (QED) is 0.854. The van der Waals surface area contributed by atoms with Crippen LogP contribution in [0.1, 0.15) is 0 Å². The third-order valence-electron chi connectivity index (χ3n) is 1.74. The van der Waals surface area contributed by atoms with Crippen LogP contribution in [0.2, 0.25) is 0 Å². The average Bonchev–Trinajstić information content (AvgIpc) is 2.51. The Bertz CT molecular complexity index is 470. The summed E-state index contributed by atoms with van der Waals surface area (Å²) in [5.41, 5.74) is 6.10. The van der Waals surface area contributed by atoms with Crippen molar-refractivity contribution in [1.29, 1.82) is 0 Å². The van der Waals surface area contributed by atoms with Crippen molar-refractivity contribution in [2.45, 2.75) is 0 Å². The molecule has 0 atom stereocenters. The molecule has 0 saturated carbocycles. The summed E-state index contributed by atoms with van der Waals surface area (Å²) in [6.07, 6.45) is 0. The van der Waals surface area contributed by atoms with Crippen LogP contribution in [0.5, 0.6) is 0 Å². The zero-order valence-electron chi connectivity index (χ0n) is 7.00. The van der Waals surface area contributed by atoms with Crippen LogP contribution in [-0.4, -0.2) is 5.16 Å². The molecule has 1 aromatic carbocycles. The fourth-order valence-electron chi connectivity index (χ4n) is 1.11. The summed E-state index contributed by atoms with van der Waals surface area (Å²) in [6, 6.07) is 6.17. The molecule has 2 aromatic rings. The summed E-state index contributed by atoms with van der Waals surface area (Å²) in [7, 11) is 0. The third kappa shape index (κ3) is 1.63. The molecule has 0 amide bonds. The Hall–Kier alpha value is -1.36. The molecule has 14 heavy (non-hydrogen) atoms. The molecule has 0 radical (unpaired) electrons. The van der Waals surface area contributed by atoms with E-state index in [1.807, 2.05) is 0 Å². The van der Waals surface area contributed by atoms with Crippen molar-refractivity contribution in [2.24, 2.45) is 0 Å². The number of hydrogen-bond donors (Lipinski definition) is 1. The second-order valence-electron chi connectivity index (χ2n) is 2.74. The van der Waals surface area contributed by atoms with Crippen LogP contribution in [0.3, 0.4) is 0 Å². The normalized spacial score (nSPS) is 10.4. The topological polar surface area (TPSA) is 52.0 Å². The van der Waals surface area contributed by atoms with Crippen molar-refractivity contribution < 1.29 is 8.91 Å². The Morgan fingerprint density at radius 1 is 1.36 bits per heavy atom. The minimum absolute atomic E-state index is 0.169. The molecule has 3 nitrogen and oxygen atoms in total. The molecule has 0 aliphatic heterocycles. The fourth-order valence-corrected chi connectivity index (χ4v) is 1.45. The number of hydrogen-bond acceptors (Lipinski definition) is 3. The second-order valence-corrected chi connectivity index (χ2v) is 3.65. The van der Waals surface area contributed by atoms with Gasteiger partial charge in [0, 0.05) is 16.1 Å². The van der Waals surface area contributed by atoms with Gasteiger partial charge >= 0.3 is 0 Å². The standard InChI is InChI=1S/C9H6BrFN2O/c10-5-1-2-6(7(11)3-5)8-4-9(12)14-13-8/h1-4H,12H2. The molecule has 0 fully saturated rings. The van der Waals surface area contributed by atoms with Gasteiger partial charge in [0.05, 0.1) is 0 Å². The minimum atomic E-state index is -0.368. The van der Waals surface area contributed by atoms with Crippen molar-refractivity contribution in [3.63, 3.8) is 0 Å². The number of benzene rings is 1. The lowest BCUT2D eigenvalue weighted by atomic mass is 10.1. The van der Waals surface area contributed by atoms with E-state index in [0.29, 0.717) is 15.7 Å². The van der Waals surface area contributed by atoms with Crippen LogP contribution < -0.4 is 5.73 Å². The summed E-state index contributed by atoms with van der Waals surface area (Å²) in [4.78, 5) is 0. The lowest BCUT2D eigenvalue weighted by molar-refractivity contribution is 0.438. The van der Waals surface area contributed by atoms with Crippen molar-refractivity contribution in [3.05, 3.63) is 34.6 Å². The Morgan fingerprint density at radius 2 is 2.14 bits per heavy atom. The first-order valence-electron chi connectivity index (χ1n) is 3.84. The van der Waals surface area contributed by atoms with E-state index in [0.717, 1.165) is 0 Å². The number of nitrogens with two attached hydrogens (primary N) is 1. The van der Waals surface area contributed by atoms with Gasteiger partial charge in [0.15, 0.2) is 0 Å². The summed E-state index contributed by atoms with van der Waals surface area (Å²) < 4.78 is 18.7. The Kier molecular flexibility index (Phi) is 2.25. The maximum Gasteiger partial charge on any atom is 0.222 e. The van der Waals surface area contributed by atoms with Crippen molar-refractivity contribution in [2.75, 3.05) is 5.73 Å². The van der Waals surface area contributed by atoms with Crippen LogP contribution in [0, 0.1) is 5.82 Å². The molecule has 0 spiro atoms. The molecular weight excluding hydrogens is 251 g/mol. The summed E-state index contributed by atoms with van der Waals surface area (Å²) in [5.74, 6) is -0.199. The highest BCUT2D eigenvalue weighted by Gasteiger charge is 2.09. The van der Waals surface area contributed by atoms with E-state index in [2.05, 4.69) is 25.6 Å². The van der Waals surface area contributed by atoms with Crippen LogP contribution in [0.15, 0.2) is 33.3 Å². The summed E-state index contributed by atoms with van der Waals surface area (Å²) in [5, 5.41) is 3.62. The average molecular weight is 257 g/mol. The molecule has 0 saturated heterocycles. The Morgan fingerprint density at radius 3 is 2.71 bits per heavy atom. The number of nitrogen functional groups attached to an aromatic ring is 1. The zero-order chi connectivity index (χ0) is 10.1. The van der Waals surface area contributed by atoms with E-state index in [9.17, 15) is 4.39 Å². The highest BCUT2D eigenvalue weighted by molar-refractivity contribution is 9.10. The minimum Gasteiger partial charge on any atom is -0.368 e. The molecule has 0 unspecified atom stereocenters. The number of nitrogens with zero attached hydrogens (tertiary/aromatic N) is 1. The van der Waals surface area contributed by atoms with Gasteiger partial charge < -0.3 is 10.3 Å². The van der Waals surface area contributed by atoms with E-state index in [1.165, 1.54) is 12.1 Å². The van der Waals surface area contributed by atoms with E-state index >= 15 is 0 Å². The lowest BCUT2D eigenvalue weighted by Gasteiger charge is -1.97. The monoisotopic (exact) mass is 256 g/mol. The van der Waals surface area contributed by atoms with Gasteiger partial charge in [-0.3, -0.25) is 0 Å². The van der Waals surface area contributed by atoms with Crippen LogP contribution >= 0.6 is 15.9 Å². The van der Waals surface area contributed by atoms with E-state index in [-0.39, 0.29) is 11.7 Å². The number of rotatable bonds is 1. The molecule has 1 aromatic heterocycles. The molecule has 2 rings (SSSR count). The van der Waals surface area contributed by atoms with Gasteiger partial charge in [0.2, 0.25) is 5.88 Å². The highest BCUT2D eigenvalue weighted by Crippen LogP contribution is 2.25. The first-order chi connectivity index (χ1) is 6.66. The first-order valence-corrected chi connectivity index (χ1v) is 4.64. The number of anilines is 1. The van der Waals surface area contributed by atoms with Gasteiger partial charge in [-0.25, -0.2) is 4.39 Å². The highest BCUT2D eigenvalue weighted by atomic mass is 79.9. The molecule has 1 heterocycles. The van der Waals surface area contributed by atoms with Crippen LogP contribution in [0.25, 0.3) is 11.3 Å². The molecule has 5 heteroatoms. The SMILES string of the molecule is Nc1cc(-c2ccc(Br)cc2F)no1. The van der Waals surface area contributed by atoms with Crippen molar-refractivity contribution in [1.82, 2.24) is 5.16 Å². The van der Waals surface area contributed by atoms with Crippen molar-refractivity contribution >= 4 is 21.8 Å². The fraction of sp³-hybridized carbons (Fsp3) is 0. The van der Waals surface area contributed by atoms with Gasteiger partial charge in [-0.1, -0.05) is 21.1 Å². The summed E-state index contributed by atoms with van der Waals surface area (Å²) >= 11 is 3.17. The maximum atomic E-state index is 13.4. The molecule has 0 aliphatic rings. The molecular formula is C9H6BrFN2O. The number of aromatic nitrogens is 1.